The highest BCUT2D eigenvalue weighted by atomic mass is 16.1. The molecule has 0 bridgehead atoms. The molecule has 0 fully saturated rings. The summed E-state index contributed by atoms with van der Waals surface area (Å²) >= 11 is 0. The van der Waals surface area contributed by atoms with Gasteiger partial charge in [0.05, 0.1) is 5.69 Å². The molecule has 0 aliphatic heterocycles. The number of hydrogen-bond donors (Lipinski definition) is 2. The van der Waals surface area contributed by atoms with Crippen LogP contribution in [0.3, 0.4) is 0 Å². The van der Waals surface area contributed by atoms with E-state index in [1.807, 2.05) is 11.9 Å². The van der Waals surface area contributed by atoms with Crippen LogP contribution >= 0.6 is 0 Å². The molecule has 1 aromatic heterocycles. The van der Waals surface area contributed by atoms with Crippen LogP contribution in [0.1, 0.15) is 12.1 Å². The maximum absolute atomic E-state index is 11.1. The maximum Gasteiger partial charge on any atom is 0.221 e. The lowest BCUT2D eigenvalue weighted by molar-refractivity contribution is -0.120. The van der Waals surface area contributed by atoms with Gasteiger partial charge in [0.2, 0.25) is 5.91 Å². The molecule has 1 amide bonds. The second kappa shape index (κ2) is 6.02. The Hall–Kier alpha value is -1.69. The fourth-order valence-electron chi connectivity index (χ4n) is 1.32. The van der Waals surface area contributed by atoms with Crippen molar-refractivity contribution in [3.63, 3.8) is 0 Å². The largest absolute Gasteiger partial charge is 0.359 e. The Morgan fingerprint density at radius 2 is 2.19 bits per heavy atom. The standard InChI is InChI=1S/C10H17N5O/c1-12-9(16)3-6-15(2)10-8(7-11)13-4-5-14-10/h4-5H,3,6-7,11H2,1-2H3,(H,12,16). The van der Waals surface area contributed by atoms with Crippen molar-refractivity contribution in [3.8, 4) is 0 Å². The molecule has 16 heavy (non-hydrogen) atoms. The number of amides is 1. The Labute approximate surface area is 94.9 Å². The normalized spacial score (nSPS) is 9.94. The van der Waals surface area contributed by atoms with Gasteiger partial charge in [-0.15, -0.1) is 0 Å². The summed E-state index contributed by atoms with van der Waals surface area (Å²) in [6, 6.07) is 0. The summed E-state index contributed by atoms with van der Waals surface area (Å²) in [6.45, 7) is 0.929. The number of nitrogens with zero attached hydrogens (tertiary/aromatic N) is 3. The predicted octanol–water partition coefficient (Wildman–Crippen LogP) is -0.492. The van der Waals surface area contributed by atoms with Gasteiger partial charge in [-0.1, -0.05) is 0 Å². The zero-order valence-electron chi connectivity index (χ0n) is 9.60. The lowest BCUT2D eigenvalue weighted by Crippen LogP contribution is -2.28. The first-order valence-corrected chi connectivity index (χ1v) is 5.10. The first kappa shape index (κ1) is 12.4. The summed E-state index contributed by atoms with van der Waals surface area (Å²) in [4.78, 5) is 21.3. The van der Waals surface area contributed by atoms with Gasteiger partial charge in [-0.3, -0.25) is 9.78 Å². The molecule has 3 N–H and O–H groups in total. The summed E-state index contributed by atoms with van der Waals surface area (Å²) < 4.78 is 0. The van der Waals surface area contributed by atoms with Gasteiger partial charge in [-0.2, -0.15) is 0 Å². The third-order valence-corrected chi connectivity index (χ3v) is 2.26. The van der Waals surface area contributed by atoms with E-state index < -0.39 is 0 Å². The van der Waals surface area contributed by atoms with Crippen LogP contribution in [0.25, 0.3) is 0 Å². The Morgan fingerprint density at radius 3 is 2.81 bits per heavy atom. The topological polar surface area (TPSA) is 84.1 Å². The summed E-state index contributed by atoms with van der Waals surface area (Å²) in [6.07, 6.45) is 3.65. The molecule has 0 unspecified atom stereocenters. The van der Waals surface area contributed by atoms with Crippen LogP contribution in [-0.2, 0) is 11.3 Å². The highest BCUT2D eigenvalue weighted by Gasteiger charge is 2.09. The number of nitrogens with two attached hydrogens (primary N) is 1. The van der Waals surface area contributed by atoms with E-state index in [9.17, 15) is 4.79 Å². The van der Waals surface area contributed by atoms with Gasteiger partial charge < -0.3 is 16.0 Å². The Bertz CT molecular complexity index is 355. The van der Waals surface area contributed by atoms with Crippen LogP contribution < -0.4 is 16.0 Å². The van der Waals surface area contributed by atoms with Crippen molar-refractivity contribution < 1.29 is 4.79 Å². The van der Waals surface area contributed by atoms with E-state index in [2.05, 4.69) is 15.3 Å². The molecule has 0 saturated carbocycles. The number of rotatable bonds is 5. The molecule has 1 aromatic rings. The van der Waals surface area contributed by atoms with Gasteiger partial charge in [0, 0.05) is 46.0 Å². The van der Waals surface area contributed by atoms with E-state index in [0.29, 0.717) is 19.5 Å². The first-order chi connectivity index (χ1) is 7.69. The van der Waals surface area contributed by atoms with Crippen molar-refractivity contribution in [1.82, 2.24) is 15.3 Å². The molecule has 0 aliphatic carbocycles. The molecule has 0 spiro atoms. The van der Waals surface area contributed by atoms with Gasteiger partial charge in [0.15, 0.2) is 5.82 Å². The molecule has 1 rings (SSSR count). The number of anilines is 1. The number of nitrogens with one attached hydrogen (secondary N) is 1. The lowest BCUT2D eigenvalue weighted by Gasteiger charge is -2.19. The average Bonchev–Trinajstić information content (AvgIpc) is 2.35. The van der Waals surface area contributed by atoms with Crippen LogP contribution in [0.15, 0.2) is 12.4 Å². The second-order valence-corrected chi connectivity index (χ2v) is 3.38. The third-order valence-electron chi connectivity index (χ3n) is 2.26. The number of hydrogen-bond acceptors (Lipinski definition) is 5. The van der Waals surface area contributed by atoms with Gasteiger partial charge in [-0.25, -0.2) is 4.98 Å². The molecule has 0 aromatic carbocycles. The minimum absolute atomic E-state index is 0.00467. The molecular weight excluding hydrogens is 206 g/mol. The predicted molar refractivity (Wildman–Crippen MR) is 61.9 cm³/mol. The van der Waals surface area contributed by atoms with Crippen LogP contribution in [0.4, 0.5) is 5.82 Å². The summed E-state index contributed by atoms with van der Waals surface area (Å²) in [7, 11) is 3.49. The van der Waals surface area contributed by atoms with E-state index in [1.54, 1.807) is 19.4 Å². The second-order valence-electron chi connectivity index (χ2n) is 3.38. The molecule has 0 radical (unpaired) electrons. The molecule has 88 valence electrons. The van der Waals surface area contributed by atoms with Crippen molar-refractivity contribution in [2.75, 3.05) is 25.5 Å². The Balaban J connectivity index is 2.65. The minimum Gasteiger partial charge on any atom is -0.359 e. The van der Waals surface area contributed by atoms with E-state index in [0.717, 1.165) is 11.5 Å². The van der Waals surface area contributed by atoms with Crippen LogP contribution in [-0.4, -0.2) is 36.5 Å². The van der Waals surface area contributed by atoms with Crippen molar-refractivity contribution in [2.24, 2.45) is 5.73 Å². The Morgan fingerprint density at radius 1 is 1.50 bits per heavy atom. The highest BCUT2D eigenvalue weighted by Crippen LogP contribution is 2.12. The van der Waals surface area contributed by atoms with Crippen LogP contribution in [0.5, 0.6) is 0 Å². The lowest BCUT2D eigenvalue weighted by atomic mass is 10.3. The quantitative estimate of drug-likeness (QED) is 0.703. The van der Waals surface area contributed by atoms with Crippen LogP contribution in [0, 0.1) is 0 Å². The SMILES string of the molecule is CNC(=O)CCN(C)c1nccnc1CN. The van der Waals surface area contributed by atoms with Gasteiger partial charge >= 0.3 is 0 Å². The van der Waals surface area contributed by atoms with Gasteiger partial charge in [0.25, 0.3) is 0 Å². The zero-order valence-corrected chi connectivity index (χ0v) is 9.60. The molecule has 6 nitrogen and oxygen atoms in total. The van der Waals surface area contributed by atoms with Crippen LogP contribution in [0.2, 0.25) is 0 Å². The maximum atomic E-state index is 11.1. The van der Waals surface area contributed by atoms with Gasteiger partial charge in [0.1, 0.15) is 0 Å². The number of carbonyl (C=O) groups is 1. The third kappa shape index (κ3) is 3.16. The minimum atomic E-state index is 0.00467. The average molecular weight is 223 g/mol. The van der Waals surface area contributed by atoms with Crippen molar-refractivity contribution in [1.29, 1.82) is 0 Å². The molecule has 0 atom stereocenters. The fraction of sp³-hybridized carbons (Fsp3) is 0.500. The molecule has 0 aliphatic rings. The smallest absolute Gasteiger partial charge is 0.221 e. The summed E-state index contributed by atoms with van der Waals surface area (Å²) in [5, 5.41) is 2.57. The Kier molecular flexibility index (Phi) is 4.65. The molecule has 6 heteroatoms. The van der Waals surface area contributed by atoms with Crippen molar-refractivity contribution in [2.45, 2.75) is 13.0 Å². The summed E-state index contributed by atoms with van der Waals surface area (Å²) in [5.74, 6) is 0.735. The van der Waals surface area contributed by atoms with Crippen molar-refractivity contribution >= 4 is 11.7 Å². The van der Waals surface area contributed by atoms with Gasteiger partial charge in [-0.05, 0) is 0 Å². The van der Waals surface area contributed by atoms with Crippen molar-refractivity contribution in [3.05, 3.63) is 18.1 Å². The molecular formula is C10H17N5O. The highest BCUT2D eigenvalue weighted by molar-refractivity contribution is 5.76. The monoisotopic (exact) mass is 223 g/mol. The van der Waals surface area contributed by atoms with E-state index in [1.165, 1.54) is 0 Å². The zero-order chi connectivity index (χ0) is 12.0. The first-order valence-electron chi connectivity index (χ1n) is 5.10. The number of carbonyl (C=O) groups excluding carboxylic acids is 1. The van der Waals surface area contributed by atoms with E-state index in [4.69, 9.17) is 5.73 Å². The van der Waals surface area contributed by atoms with E-state index >= 15 is 0 Å². The van der Waals surface area contributed by atoms with E-state index in [-0.39, 0.29) is 5.91 Å². The molecule has 0 saturated heterocycles. The molecule has 1 heterocycles. The summed E-state index contributed by atoms with van der Waals surface area (Å²) in [5.41, 5.74) is 6.30. The number of aromatic nitrogens is 2. The fourth-order valence-corrected chi connectivity index (χ4v) is 1.32.